The highest BCUT2D eigenvalue weighted by atomic mass is 16.5. The van der Waals surface area contributed by atoms with Gasteiger partial charge in [0, 0.05) is 18.9 Å². The lowest BCUT2D eigenvalue weighted by Gasteiger charge is -2.25. The minimum atomic E-state index is -0.724. The Morgan fingerprint density at radius 3 is 2.52 bits per heavy atom. The van der Waals surface area contributed by atoms with Crippen molar-refractivity contribution in [3.63, 3.8) is 0 Å². The zero-order chi connectivity index (χ0) is 22.0. The van der Waals surface area contributed by atoms with E-state index in [-0.39, 0.29) is 17.9 Å². The summed E-state index contributed by atoms with van der Waals surface area (Å²) in [7, 11) is 1.49. The summed E-state index contributed by atoms with van der Waals surface area (Å²) >= 11 is 0. The molecule has 0 bridgehead atoms. The highest BCUT2D eigenvalue weighted by molar-refractivity contribution is 6.46. The van der Waals surface area contributed by atoms with Crippen LogP contribution in [0.3, 0.4) is 0 Å². The molecule has 6 heteroatoms. The Labute approximate surface area is 180 Å². The molecule has 3 aromatic rings. The van der Waals surface area contributed by atoms with Crippen molar-refractivity contribution < 1.29 is 19.4 Å². The first kappa shape index (κ1) is 20.3. The van der Waals surface area contributed by atoms with Crippen molar-refractivity contribution in [2.75, 3.05) is 7.11 Å². The molecule has 2 heterocycles. The molecule has 0 radical (unpaired) electrons. The van der Waals surface area contributed by atoms with E-state index in [0.717, 1.165) is 16.7 Å². The number of ketones is 1. The molecule has 156 valence electrons. The molecule has 1 amide bonds. The number of methoxy groups -OCH3 is 1. The maximum atomic E-state index is 13.1. The Morgan fingerprint density at radius 2 is 1.81 bits per heavy atom. The van der Waals surface area contributed by atoms with Gasteiger partial charge in [0.05, 0.1) is 24.3 Å². The SMILES string of the molecule is COc1ccccc1/C(O)=C1/C(=O)C(=O)N(Cc2ccncc2)C1c1cccc(C)c1. The highest BCUT2D eigenvalue weighted by Gasteiger charge is 2.46. The molecule has 0 saturated carbocycles. The lowest BCUT2D eigenvalue weighted by molar-refractivity contribution is -0.140. The number of hydrogen-bond donors (Lipinski definition) is 1. The Bertz CT molecular complexity index is 1170. The number of rotatable bonds is 5. The monoisotopic (exact) mass is 414 g/mol. The molecule has 1 fully saturated rings. The number of aliphatic hydroxyl groups is 1. The Morgan fingerprint density at radius 1 is 1.06 bits per heavy atom. The number of hydrogen-bond acceptors (Lipinski definition) is 5. The van der Waals surface area contributed by atoms with Crippen molar-refractivity contribution in [2.45, 2.75) is 19.5 Å². The van der Waals surface area contributed by atoms with E-state index in [1.165, 1.54) is 12.0 Å². The third-order valence-electron chi connectivity index (χ3n) is 5.36. The normalized spacial score (nSPS) is 17.7. The summed E-state index contributed by atoms with van der Waals surface area (Å²) in [6.07, 6.45) is 3.28. The molecule has 1 aromatic heterocycles. The fourth-order valence-corrected chi connectivity index (χ4v) is 3.90. The van der Waals surface area contributed by atoms with Crippen LogP contribution in [0.1, 0.15) is 28.3 Å². The zero-order valence-electron chi connectivity index (χ0n) is 17.3. The molecule has 1 N–H and O–H groups in total. The van der Waals surface area contributed by atoms with E-state index in [2.05, 4.69) is 4.98 Å². The first-order valence-corrected chi connectivity index (χ1v) is 9.88. The van der Waals surface area contributed by atoms with E-state index in [9.17, 15) is 14.7 Å². The predicted octanol–water partition coefficient (Wildman–Crippen LogP) is 4.02. The number of likely N-dealkylation sites (tertiary alicyclic amines) is 1. The molecular formula is C25H22N2O4. The molecule has 1 saturated heterocycles. The van der Waals surface area contributed by atoms with Crippen molar-refractivity contribution in [3.8, 4) is 5.75 Å². The number of aliphatic hydroxyl groups excluding tert-OH is 1. The van der Waals surface area contributed by atoms with Crippen LogP contribution >= 0.6 is 0 Å². The summed E-state index contributed by atoms with van der Waals surface area (Å²) in [5.74, 6) is -1.20. The van der Waals surface area contributed by atoms with Gasteiger partial charge < -0.3 is 14.7 Å². The number of benzene rings is 2. The van der Waals surface area contributed by atoms with Gasteiger partial charge in [-0.25, -0.2) is 0 Å². The quantitative estimate of drug-likeness (QED) is 0.388. The highest BCUT2D eigenvalue weighted by Crippen LogP contribution is 2.41. The molecular weight excluding hydrogens is 392 g/mol. The summed E-state index contributed by atoms with van der Waals surface area (Å²) in [6.45, 7) is 2.16. The van der Waals surface area contributed by atoms with Crippen molar-refractivity contribution in [1.82, 2.24) is 9.88 Å². The standard InChI is InChI=1S/C25H22N2O4/c1-16-6-5-7-18(14-16)22-21(23(28)19-8-3-4-9-20(19)31-2)24(29)25(30)27(22)15-17-10-12-26-13-11-17/h3-14,22,28H,15H2,1-2H3/b23-21-. The number of para-hydroxylation sites is 1. The molecule has 1 unspecified atom stereocenters. The number of ether oxygens (including phenoxy) is 1. The van der Waals surface area contributed by atoms with Crippen LogP contribution in [0.2, 0.25) is 0 Å². The van der Waals surface area contributed by atoms with Crippen LogP contribution in [0, 0.1) is 6.92 Å². The van der Waals surface area contributed by atoms with E-state index >= 15 is 0 Å². The van der Waals surface area contributed by atoms with Crippen molar-refractivity contribution >= 4 is 17.4 Å². The van der Waals surface area contributed by atoms with Gasteiger partial charge in [0.15, 0.2) is 0 Å². The smallest absolute Gasteiger partial charge is 0.295 e. The van der Waals surface area contributed by atoms with Crippen molar-refractivity contribution in [2.24, 2.45) is 0 Å². The average molecular weight is 414 g/mol. The number of Topliss-reactive ketones (excluding diaryl/α,β-unsaturated/α-hetero) is 1. The molecule has 0 aliphatic carbocycles. The summed E-state index contributed by atoms with van der Waals surface area (Å²) in [4.78, 5) is 31.7. The molecule has 4 rings (SSSR count). The zero-order valence-corrected chi connectivity index (χ0v) is 17.3. The maximum absolute atomic E-state index is 13.1. The third kappa shape index (κ3) is 3.80. The van der Waals surface area contributed by atoms with Crippen LogP contribution in [-0.2, 0) is 16.1 Å². The topological polar surface area (TPSA) is 79.7 Å². The van der Waals surface area contributed by atoms with E-state index in [1.54, 1.807) is 48.8 Å². The minimum Gasteiger partial charge on any atom is -0.507 e. The van der Waals surface area contributed by atoms with Crippen LogP contribution in [0.15, 0.2) is 78.6 Å². The van der Waals surface area contributed by atoms with Gasteiger partial charge in [-0.3, -0.25) is 14.6 Å². The van der Waals surface area contributed by atoms with Gasteiger partial charge in [-0.15, -0.1) is 0 Å². The van der Waals surface area contributed by atoms with Gasteiger partial charge >= 0.3 is 0 Å². The molecule has 1 aliphatic rings. The second-order valence-corrected chi connectivity index (χ2v) is 7.40. The van der Waals surface area contributed by atoms with E-state index in [0.29, 0.717) is 11.3 Å². The molecule has 2 aromatic carbocycles. The number of carbonyl (C=O) groups is 2. The fraction of sp³-hybridized carbons (Fsp3) is 0.160. The van der Waals surface area contributed by atoms with Crippen LogP contribution < -0.4 is 4.74 Å². The van der Waals surface area contributed by atoms with Gasteiger partial charge in [0.25, 0.3) is 11.7 Å². The van der Waals surface area contributed by atoms with Gasteiger partial charge in [0.2, 0.25) is 0 Å². The van der Waals surface area contributed by atoms with E-state index < -0.39 is 17.7 Å². The molecule has 31 heavy (non-hydrogen) atoms. The summed E-state index contributed by atoms with van der Waals surface area (Å²) in [5, 5.41) is 11.2. The minimum absolute atomic E-state index is 0.0501. The largest absolute Gasteiger partial charge is 0.507 e. The first-order valence-electron chi connectivity index (χ1n) is 9.88. The Hall–Kier alpha value is -3.93. The summed E-state index contributed by atoms with van der Waals surface area (Å²) < 4.78 is 5.36. The van der Waals surface area contributed by atoms with Gasteiger partial charge in [-0.05, 0) is 42.3 Å². The van der Waals surface area contributed by atoms with Gasteiger partial charge in [-0.2, -0.15) is 0 Å². The van der Waals surface area contributed by atoms with Crippen LogP contribution in [-0.4, -0.2) is 33.8 Å². The average Bonchev–Trinajstić information content (AvgIpc) is 3.04. The van der Waals surface area contributed by atoms with E-state index in [1.807, 2.05) is 31.2 Å². The van der Waals surface area contributed by atoms with E-state index in [4.69, 9.17) is 4.74 Å². The van der Waals surface area contributed by atoms with Gasteiger partial charge in [0.1, 0.15) is 11.5 Å². The van der Waals surface area contributed by atoms with Gasteiger partial charge in [-0.1, -0.05) is 42.0 Å². The predicted molar refractivity (Wildman–Crippen MR) is 116 cm³/mol. The number of amides is 1. The molecule has 6 nitrogen and oxygen atoms in total. The Balaban J connectivity index is 1.90. The molecule has 1 aliphatic heterocycles. The van der Waals surface area contributed by atoms with Crippen LogP contribution in [0.25, 0.3) is 5.76 Å². The summed E-state index contributed by atoms with van der Waals surface area (Å²) in [6, 6.07) is 17.4. The molecule has 0 spiro atoms. The fourth-order valence-electron chi connectivity index (χ4n) is 3.90. The number of aryl methyl sites for hydroxylation is 1. The molecule has 1 atom stereocenters. The number of nitrogens with zero attached hydrogens (tertiary/aromatic N) is 2. The number of carbonyl (C=O) groups excluding carboxylic acids is 2. The summed E-state index contributed by atoms with van der Waals surface area (Å²) in [5.41, 5.74) is 3.00. The lowest BCUT2D eigenvalue weighted by atomic mass is 9.94. The second-order valence-electron chi connectivity index (χ2n) is 7.40. The third-order valence-corrected chi connectivity index (χ3v) is 5.36. The van der Waals surface area contributed by atoms with Crippen molar-refractivity contribution in [3.05, 3.63) is 101 Å². The van der Waals surface area contributed by atoms with Crippen LogP contribution in [0.5, 0.6) is 5.75 Å². The second kappa shape index (κ2) is 8.44. The first-order chi connectivity index (χ1) is 15.0. The Kier molecular flexibility index (Phi) is 5.54. The van der Waals surface area contributed by atoms with Crippen molar-refractivity contribution in [1.29, 1.82) is 0 Å². The lowest BCUT2D eigenvalue weighted by Crippen LogP contribution is -2.29. The van der Waals surface area contributed by atoms with Crippen LogP contribution in [0.4, 0.5) is 0 Å². The maximum Gasteiger partial charge on any atom is 0.295 e. The number of aromatic nitrogens is 1. The number of pyridine rings is 1.